The van der Waals surface area contributed by atoms with E-state index in [4.69, 9.17) is 5.11 Å². The number of hydrogen-bond acceptors (Lipinski definition) is 3. The smallest absolute Gasteiger partial charge is 0.320 e. The van der Waals surface area contributed by atoms with Crippen molar-refractivity contribution in [3.63, 3.8) is 0 Å². The van der Waals surface area contributed by atoms with Crippen LogP contribution in [-0.4, -0.2) is 16.9 Å². The Morgan fingerprint density at radius 2 is 1.92 bits per heavy atom. The summed E-state index contributed by atoms with van der Waals surface area (Å²) < 4.78 is 0. The highest BCUT2D eigenvalue weighted by Gasteiger charge is 2.00. The van der Waals surface area contributed by atoms with Gasteiger partial charge in [0.25, 0.3) is 0 Å². The average Bonchev–Trinajstić information content (AvgIpc) is 2.03. The van der Waals surface area contributed by atoms with Crippen LogP contribution >= 0.6 is 0 Å². The molecule has 0 rings (SSSR count). The lowest BCUT2D eigenvalue weighted by atomic mass is 10.1. The Morgan fingerprint density at radius 3 is 2.31 bits per heavy atom. The fourth-order valence-electron chi connectivity index (χ4n) is 0.494. The van der Waals surface area contributed by atoms with Gasteiger partial charge >= 0.3 is 5.97 Å². The molecular weight excluding hydrogens is 172 g/mol. The summed E-state index contributed by atoms with van der Waals surface area (Å²) in [6.45, 7) is 3.43. The zero-order valence-electron chi connectivity index (χ0n) is 7.48. The molecule has 0 aliphatic heterocycles. The molecule has 4 nitrogen and oxygen atoms in total. The third kappa shape index (κ3) is 4.79. The quantitative estimate of drug-likeness (QED) is 0.381. The highest BCUT2D eigenvalue weighted by atomic mass is 16.4. The minimum absolute atomic E-state index is 0.144. The Hall–Kier alpha value is -1.58. The number of hydrogen-bond donors (Lipinski definition) is 1. The number of aliphatic carboxylic acids is 1. The molecule has 0 heterocycles. The van der Waals surface area contributed by atoms with Gasteiger partial charge in [0, 0.05) is 5.92 Å². The molecule has 0 aliphatic rings. The maximum atomic E-state index is 10.9. The zero-order chi connectivity index (χ0) is 10.4. The second-order valence-corrected chi connectivity index (χ2v) is 2.75. The third-order valence-electron chi connectivity index (χ3n) is 1.29. The largest absolute Gasteiger partial charge is 0.868 e. The van der Waals surface area contributed by atoms with E-state index in [1.807, 2.05) is 0 Å². The van der Waals surface area contributed by atoms with Crippen molar-refractivity contribution < 1.29 is 19.8 Å². The third-order valence-corrected chi connectivity index (χ3v) is 1.29. The Kier molecular flexibility index (Phi) is 4.51. The summed E-state index contributed by atoms with van der Waals surface area (Å²) >= 11 is 0. The van der Waals surface area contributed by atoms with Gasteiger partial charge in [0.2, 0.25) is 0 Å². The molecule has 4 heteroatoms. The van der Waals surface area contributed by atoms with E-state index in [-0.39, 0.29) is 11.7 Å². The van der Waals surface area contributed by atoms with Gasteiger partial charge in [-0.15, -0.1) is 0 Å². The van der Waals surface area contributed by atoms with Gasteiger partial charge in [-0.05, 0) is 11.8 Å². The molecule has 13 heavy (non-hydrogen) atoms. The van der Waals surface area contributed by atoms with Crippen molar-refractivity contribution >= 4 is 11.8 Å². The number of carboxylic acid groups (broad SMARTS) is 1. The molecule has 0 fully saturated rings. The summed E-state index contributed by atoms with van der Waals surface area (Å²) in [7, 11) is 0. The van der Waals surface area contributed by atoms with Crippen LogP contribution in [0, 0.1) is 5.92 Å². The first-order valence-electron chi connectivity index (χ1n) is 3.77. The highest BCUT2D eigenvalue weighted by molar-refractivity contribution is 5.91. The number of carbonyl (C=O) groups excluding carboxylic acids is 1. The number of carboxylic acids is 1. The van der Waals surface area contributed by atoms with Gasteiger partial charge in [0.05, 0.1) is 0 Å². The van der Waals surface area contributed by atoms with Crippen LogP contribution < -0.4 is 5.11 Å². The summed E-state index contributed by atoms with van der Waals surface area (Å²) in [5, 5.41) is 18.6. The van der Waals surface area contributed by atoms with Crippen LogP contribution in [0.25, 0.3) is 0 Å². The molecular formula is C9H11O4-. The Morgan fingerprint density at radius 1 is 1.38 bits per heavy atom. The number of allylic oxidation sites excluding steroid dienone is 3. The van der Waals surface area contributed by atoms with Crippen LogP contribution in [0.4, 0.5) is 0 Å². The van der Waals surface area contributed by atoms with E-state index in [2.05, 4.69) is 0 Å². The molecule has 72 valence electrons. The minimum Gasteiger partial charge on any atom is -0.868 e. The van der Waals surface area contributed by atoms with E-state index in [1.54, 1.807) is 13.8 Å². The van der Waals surface area contributed by atoms with Crippen LogP contribution in [0.1, 0.15) is 13.8 Å². The maximum absolute atomic E-state index is 10.9. The normalized spacial score (nSPS) is 12.4. The van der Waals surface area contributed by atoms with Crippen LogP contribution in [0.5, 0.6) is 0 Å². The molecule has 0 bridgehead atoms. The van der Waals surface area contributed by atoms with E-state index in [9.17, 15) is 14.7 Å². The molecule has 0 radical (unpaired) electrons. The molecule has 0 aliphatic carbocycles. The molecule has 0 aromatic carbocycles. The number of carbonyl (C=O) groups is 2. The van der Waals surface area contributed by atoms with Crippen molar-refractivity contribution in [2.75, 3.05) is 0 Å². The molecule has 0 atom stereocenters. The van der Waals surface area contributed by atoms with Gasteiger partial charge in [-0.1, -0.05) is 26.0 Å². The summed E-state index contributed by atoms with van der Waals surface area (Å²) in [5.41, 5.74) is 0. The maximum Gasteiger partial charge on any atom is 0.320 e. The van der Waals surface area contributed by atoms with Crippen molar-refractivity contribution in [1.82, 2.24) is 0 Å². The lowest BCUT2D eigenvalue weighted by molar-refractivity contribution is -0.302. The fourth-order valence-corrected chi connectivity index (χ4v) is 0.494. The van der Waals surface area contributed by atoms with E-state index in [0.717, 1.165) is 12.2 Å². The molecule has 0 aromatic heterocycles. The van der Waals surface area contributed by atoms with Gasteiger partial charge < -0.3 is 10.2 Å². The Bertz CT molecular complexity index is 261. The predicted octanol–water partition coefficient (Wildman–Crippen LogP) is 0.0965. The molecule has 1 N–H and O–H groups in total. The van der Waals surface area contributed by atoms with Crippen LogP contribution in [0.15, 0.2) is 24.0 Å². The topological polar surface area (TPSA) is 77.4 Å². The van der Waals surface area contributed by atoms with Crippen molar-refractivity contribution in [2.45, 2.75) is 13.8 Å². The number of rotatable bonds is 4. The Balaban J connectivity index is 4.23. The van der Waals surface area contributed by atoms with Crippen LogP contribution in [-0.2, 0) is 9.59 Å². The van der Waals surface area contributed by atoms with Gasteiger partial charge in [-0.3, -0.25) is 4.79 Å². The van der Waals surface area contributed by atoms with Gasteiger partial charge in [0.1, 0.15) is 0 Å². The summed E-state index contributed by atoms with van der Waals surface area (Å²) in [4.78, 5) is 20.9. The highest BCUT2D eigenvalue weighted by Crippen LogP contribution is 1.95. The standard InChI is InChI=1S/C9H12O4/c1-6(2)7(10)4-3-5-8(11)9(12)13/h3-6,11H,1-2H3,(H,12,13)/p-1/b4-3+,8-5-. The summed E-state index contributed by atoms with van der Waals surface area (Å²) in [5.74, 6) is -2.85. The van der Waals surface area contributed by atoms with Crippen LogP contribution in [0.3, 0.4) is 0 Å². The van der Waals surface area contributed by atoms with Crippen molar-refractivity contribution in [2.24, 2.45) is 5.92 Å². The average molecular weight is 183 g/mol. The molecule has 0 saturated carbocycles. The van der Waals surface area contributed by atoms with E-state index in [0.29, 0.717) is 0 Å². The molecule has 0 saturated heterocycles. The minimum atomic E-state index is -1.53. The Labute approximate surface area is 76.2 Å². The predicted molar refractivity (Wildman–Crippen MR) is 44.7 cm³/mol. The lowest BCUT2D eigenvalue weighted by Crippen LogP contribution is -2.13. The molecule has 0 spiro atoms. The first kappa shape index (κ1) is 11.4. The molecule has 0 aromatic rings. The van der Waals surface area contributed by atoms with Crippen molar-refractivity contribution in [3.8, 4) is 0 Å². The first-order valence-corrected chi connectivity index (χ1v) is 3.77. The second kappa shape index (κ2) is 5.13. The van der Waals surface area contributed by atoms with Gasteiger partial charge in [-0.25, -0.2) is 4.79 Å². The van der Waals surface area contributed by atoms with Crippen LogP contribution in [0.2, 0.25) is 0 Å². The van der Waals surface area contributed by atoms with E-state index < -0.39 is 11.7 Å². The summed E-state index contributed by atoms with van der Waals surface area (Å²) in [6.07, 6.45) is 3.19. The lowest BCUT2D eigenvalue weighted by Gasteiger charge is -2.01. The van der Waals surface area contributed by atoms with Crippen molar-refractivity contribution in [1.29, 1.82) is 0 Å². The van der Waals surface area contributed by atoms with Gasteiger partial charge in [-0.2, -0.15) is 0 Å². The fraction of sp³-hybridized carbons (Fsp3) is 0.333. The summed E-state index contributed by atoms with van der Waals surface area (Å²) in [6, 6.07) is 0. The zero-order valence-corrected chi connectivity index (χ0v) is 7.48. The number of ketones is 1. The van der Waals surface area contributed by atoms with E-state index in [1.165, 1.54) is 6.08 Å². The van der Waals surface area contributed by atoms with Gasteiger partial charge in [0.15, 0.2) is 5.78 Å². The first-order chi connectivity index (χ1) is 5.95. The second-order valence-electron chi connectivity index (χ2n) is 2.75. The monoisotopic (exact) mass is 183 g/mol. The SMILES string of the molecule is CC(C)C(=O)/C=C/C=C(\[O-])C(=O)O. The molecule has 0 unspecified atom stereocenters. The van der Waals surface area contributed by atoms with Crippen molar-refractivity contribution in [3.05, 3.63) is 24.0 Å². The molecule has 0 amide bonds. The van der Waals surface area contributed by atoms with E-state index >= 15 is 0 Å².